The number of hydrogen-bond donors (Lipinski definition) is 3. The molecule has 0 radical (unpaired) electrons. The van der Waals surface area contributed by atoms with Crippen LogP contribution in [-0.2, 0) is 14.3 Å². The number of aromatic carboxylic acids is 1. The zero-order valence-electron chi connectivity index (χ0n) is 13.7. The molecule has 25 heavy (non-hydrogen) atoms. The van der Waals surface area contributed by atoms with E-state index in [1.165, 1.54) is 37.3 Å². The molecule has 0 saturated heterocycles. The first kappa shape index (κ1) is 18.3. The Kier molecular flexibility index (Phi) is 5.60. The molecule has 1 amide bonds. The third-order valence-electron chi connectivity index (χ3n) is 3.67. The first-order valence-corrected chi connectivity index (χ1v) is 7.32. The predicted molar refractivity (Wildman–Crippen MR) is 86.3 cm³/mol. The van der Waals surface area contributed by atoms with E-state index in [2.05, 4.69) is 10.1 Å². The van der Waals surface area contributed by atoms with E-state index in [0.29, 0.717) is 5.75 Å². The smallest absolute Gasteiger partial charge is 0.337 e. The molecule has 0 aromatic heterocycles. The van der Waals surface area contributed by atoms with E-state index in [-0.39, 0.29) is 42.2 Å². The summed E-state index contributed by atoms with van der Waals surface area (Å²) in [5.41, 5.74) is -0.0236. The van der Waals surface area contributed by atoms with Crippen LogP contribution in [0.1, 0.15) is 10.4 Å². The molecule has 0 bridgehead atoms. The largest absolute Gasteiger partial charge is 0.497 e. The number of carboxylic acid groups (broad SMARTS) is 1. The van der Waals surface area contributed by atoms with Gasteiger partial charge in [-0.2, -0.15) is 0 Å². The third kappa shape index (κ3) is 3.72. The summed E-state index contributed by atoms with van der Waals surface area (Å²) in [7, 11) is 2.60. The predicted octanol–water partition coefficient (Wildman–Crippen LogP) is 0.0669. The lowest BCUT2D eigenvalue weighted by molar-refractivity contribution is -0.136. The minimum Gasteiger partial charge on any atom is -0.497 e. The number of nitrogens with zero attached hydrogens (tertiary/aromatic N) is 1. The summed E-state index contributed by atoms with van der Waals surface area (Å²) in [6.45, 7) is -0.276. The summed E-state index contributed by atoms with van der Waals surface area (Å²) >= 11 is 0. The van der Waals surface area contributed by atoms with Crippen LogP contribution in [-0.4, -0.2) is 66.9 Å². The highest BCUT2D eigenvalue weighted by Crippen LogP contribution is 2.28. The standard InChI is InChI=1S/C16H18N2O7/c1-24-9-3-4-10(15(21)22)12(7-9)17-13-11(16(23)25-2)8-18(5-6-19)14(13)20/h3-4,7,17,19H,5-6,8H2,1-2H3,(H,21,22). The lowest BCUT2D eigenvalue weighted by atomic mass is 10.1. The summed E-state index contributed by atoms with van der Waals surface area (Å²) in [5.74, 6) is -2.07. The molecule has 134 valence electrons. The molecule has 0 unspecified atom stereocenters. The van der Waals surface area contributed by atoms with E-state index in [0.717, 1.165) is 0 Å². The molecule has 2 rings (SSSR count). The van der Waals surface area contributed by atoms with E-state index < -0.39 is 17.8 Å². The van der Waals surface area contributed by atoms with Gasteiger partial charge in [-0.15, -0.1) is 0 Å². The Bertz CT molecular complexity index is 742. The summed E-state index contributed by atoms with van der Waals surface area (Å²) < 4.78 is 9.75. The molecular formula is C16H18N2O7. The number of methoxy groups -OCH3 is 2. The lowest BCUT2D eigenvalue weighted by Crippen LogP contribution is -2.31. The third-order valence-corrected chi connectivity index (χ3v) is 3.67. The SMILES string of the molecule is COC(=O)C1=C(Nc2cc(OC)ccc2C(=O)O)C(=O)N(CCO)C1. The number of hydrogen-bond acceptors (Lipinski definition) is 7. The molecule has 0 fully saturated rings. The van der Waals surface area contributed by atoms with Crippen LogP contribution in [0.25, 0.3) is 0 Å². The molecule has 3 N–H and O–H groups in total. The van der Waals surface area contributed by atoms with Gasteiger partial charge in [0.1, 0.15) is 11.4 Å². The van der Waals surface area contributed by atoms with Crippen LogP contribution >= 0.6 is 0 Å². The first-order valence-electron chi connectivity index (χ1n) is 7.32. The van der Waals surface area contributed by atoms with Gasteiger partial charge in [0.2, 0.25) is 0 Å². The maximum absolute atomic E-state index is 12.5. The van der Waals surface area contributed by atoms with Crippen molar-refractivity contribution in [2.45, 2.75) is 0 Å². The number of anilines is 1. The fourth-order valence-electron chi connectivity index (χ4n) is 2.42. The van der Waals surface area contributed by atoms with Crippen molar-refractivity contribution in [1.82, 2.24) is 4.90 Å². The molecule has 0 saturated carbocycles. The Morgan fingerprint density at radius 2 is 2.04 bits per heavy atom. The number of nitrogens with one attached hydrogen (secondary N) is 1. The van der Waals surface area contributed by atoms with Gasteiger partial charge in [-0.1, -0.05) is 0 Å². The van der Waals surface area contributed by atoms with Gasteiger partial charge in [0, 0.05) is 12.6 Å². The quantitative estimate of drug-likeness (QED) is 0.590. The lowest BCUT2D eigenvalue weighted by Gasteiger charge is -2.15. The molecule has 9 nitrogen and oxygen atoms in total. The van der Waals surface area contributed by atoms with Crippen LogP contribution in [0, 0.1) is 0 Å². The highest BCUT2D eigenvalue weighted by Gasteiger charge is 2.35. The molecule has 1 aliphatic heterocycles. The van der Waals surface area contributed by atoms with Crippen LogP contribution in [0.2, 0.25) is 0 Å². The van der Waals surface area contributed by atoms with Gasteiger partial charge in [-0.3, -0.25) is 4.79 Å². The minimum atomic E-state index is -1.21. The number of carboxylic acids is 1. The van der Waals surface area contributed by atoms with Crippen LogP contribution < -0.4 is 10.1 Å². The van der Waals surface area contributed by atoms with Crippen molar-refractivity contribution in [3.8, 4) is 5.75 Å². The highest BCUT2D eigenvalue weighted by atomic mass is 16.5. The van der Waals surface area contributed by atoms with Crippen molar-refractivity contribution >= 4 is 23.5 Å². The number of rotatable bonds is 7. The summed E-state index contributed by atoms with van der Waals surface area (Å²) in [6.07, 6.45) is 0. The number of amides is 1. The summed E-state index contributed by atoms with van der Waals surface area (Å²) in [6, 6.07) is 4.21. The number of carbonyl (C=O) groups is 3. The van der Waals surface area contributed by atoms with Crippen molar-refractivity contribution < 1.29 is 34.1 Å². The van der Waals surface area contributed by atoms with Crippen molar-refractivity contribution in [3.05, 3.63) is 35.0 Å². The van der Waals surface area contributed by atoms with E-state index in [9.17, 15) is 19.5 Å². The second-order valence-corrected chi connectivity index (χ2v) is 5.14. The van der Waals surface area contributed by atoms with Crippen molar-refractivity contribution in [3.63, 3.8) is 0 Å². The zero-order valence-corrected chi connectivity index (χ0v) is 13.7. The van der Waals surface area contributed by atoms with Crippen LogP contribution in [0.4, 0.5) is 5.69 Å². The number of ether oxygens (including phenoxy) is 2. The van der Waals surface area contributed by atoms with Gasteiger partial charge < -0.3 is 29.9 Å². The topological polar surface area (TPSA) is 125 Å². The fourth-order valence-corrected chi connectivity index (χ4v) is 2.42. The van der Waals surface area contributed by atoms with Gasteiger partial charge in [-0.25, -0.2) is 9.59 Å². The first-order chi connectivity index (χ1) is 11.9. The molecule has 0 spiro atoms. The van der Waals surface area contributed by atoms with E-state index in [1.54, 1.807) is 0 Å². The Morgan fingerprint density at radius 3 is 2.60 bits per heavy atom. The number of β-amino-alcohol motifs (C(OH)–C–C–N with tert-alkyl or cyclic N) is 1. The Hall–Kier alpha value is -3.07. The molecule has 1 aromatic carbocycles. The van der Waals surface area contributed by atoms with E-state index in [1.807, 2.05) is 0 Å². The van der Waals surface area contributed by atoms with Gasteiger partial charge in [0.25, 0.3) is 5.91 Å². The Balaban J connectivity index is 2.46. The van der Waals surface area contributed by atoms with Crippen molar-refractivity contribution in [2.24, 2.45) is 0 Å². The van der Waals surface area contributed by atoms with E-state index >= 15 is 0 Å². The maximum atomic E-state index is 12.5. The van der Waals surface area contributed by atoms with Crippen molar-refractivity contribution in [1.29, 1.82) is 0 Å². The average molecular weight is 350 g/mol. The fraction of sp³-hybridized carbons (Fsp3) is 0.312. The molecule has 0 aliphatic carbocycles. The molecule has 1 aliphatic rings. The maximum Gasteiger partial charge on any atom is 0.337 e. The van der Waals surface area contributed by atoms with Gasteiger partial charge in [0.05, 0.1) is 44.2 Å². The Morgan fingerprint density at radius 1 is 1.32 bits per heavy atom. The van der Waals surface area contributed by atoms with E-state index in [4.69, 9.17) is 9.84 Å². The van der Waals surface area contributed by atoms with Gasteiger partial charge in [0.15, 0.2) is 0 Å². The number of esters is 1. The molecule has 1 heterocycles. The average Bonchev–Trinajstić information content (AvgIpc) is 2.90. The minimum absolute atomic E-state index is 0.0361. The zero-order chi connectivity index (χ0) is 18.6. The normalized spacial score (nSPS) is 13.9. The molecular weight excluding hydrogens is 332 g/mol. The van der Waals surface area contributed by atoms with Gasteiger partial charge >= 0.3 is 11.9 Å². The Labute approximate surface area is 143 Å². The number of benzene rings is 1. The molecule has 1 aromatic rings. The monoisotopic (exact) mass is 350 g/mol. The van der Waals surface area contributed by atoms with Crippen LogP contribution in [0.3, 0.4) is 0 Å². The second-order valence-electron chi connectivity index (χ2n) is 5.14. The molecule has 9 heteroatoms. The number of aliphatic hydroxyl groups excluding tert-OH is 1. The summed E-state index contributed by atoms with van der Waals surface area (Å²) in [5, 5.41) is 21.1. The number of aliphatic hydroxyl groups is 1. The highest BCUT2D eigenvalue weighted by molar-refractivity contribution is 6.09. The van der Waals surface area contributed by atoms with Crippen LogP contribution in [0.5, 0.6) is 5.75 Å². The summed E-state index contributed by atoms with van der Waals surface area (Å²) in [4.78, 5) is 37.1. The second kappa shape index (κ2) is 7.67. The van der Waals surface area contributed by atoms with Gasteiger partial charge in [-0.05, 0) is 12.1 Å². The van der Waals surface area contributed by atoms with Crippen molar-refractivity contribution in [2.75, 3.05) is 39.2 Å². The molecule has 0 atom stereocenters. The number of carbonyl (C=O) groups excluding carboxylic acids is 2. The van der Waals surface area contributed by atoms with Crippen LogP contribution in [0.15, 0.2) is 29.5 Å².